The zero-order valence-electron chi connectivity index (χ0n) is 19.1. The Labute approximate surface area is 205 Å². The highest BCUT2D eigenvalue weighted by molar-refractivity contribution is 7.15. The number of benzene rings is 1. The van der Waals surface area contributed by atoms with Crippen molar-refractivity contribution in [2.24, 2.45) is 5.92 Å². The van der Waals surface area contributed by atoms with E-state index in [9.17, 15) is 14.4 Å². The quantitative estimate of drug-likeness (QED) is 0.537. The minimum absolute atomic E-state index is 0.0226. The van der Waals surface area contributed by atoms with Crippen molar-refractivity contribution in [3.63, 3.8) is 0 Å². The van der Waals surface area contributed by atoms with E-state index in [-0.39, 0.29) is 29.7 Å². The van der Waals surface area contributed by atoms with E-state index < -0.39 is 0 Å². The second-order valence-corrected chi connectivity index (χ2v) is 9.85. The number of amides is 2. The molecule has 3 aliphatic heterocycles. The molecule has 182 valence electrons. The van der Waals surface area contributed by atoms with Gasteiger partial charge in [-0.3, -0.25) is 23.7 Å². The molecule has 1 unspecified atom stereocenters. The third-order valence-electron chi connectivity index (χ3n) is 6.74. The van der Waals surface area contributed by atoms with Crippen LogP contribution in [0.2, 0.25) is 0 Å². The van der Waals surface area contributed by atoms with Gasteiger partial charge in [-0.15, -0.1) is 11.3 Å². The van der Waals surface area contributed by atoms with Crippen molar-refractivity contribution in [2.45, 2.75) is 13.0 Å². The standard InChI is InChI=1S/C24H25N5O5S/c30-21-11-16(14-29(21)18-1-2-19-20(13-18)34-9-8-33-19)23(32)27-5-3-26(4-6-27)15-17-12-22(31)28-7-10-35-24(28)25-17/h1-2,7,10,12-13,16H,3-6,8-9,11,14-15H2. The van der Waals surface area contributed by atoms with Crippen LogP contribution in [0.4, 0.5) is 5.69 Å². The Hall–Kier alpha value is -3.44. The Balaban J connectivity index is 1.06. The molecule has 0 saturated carbocycles. The number of carbonyl (C=O) groups is 2. The van der Waals surface area contributed by atoms with Gasteiger partial charge in [-0.2, -0.15) is 0 Å². The maximum atomic E-state index is 13.2. The fourth-order valence-electron chi connectivity index (χ4n) is 4.90. The van der Waals surface area contributed by atoms with Crippen LogP contribution in [0.3, 0.4) is 0 Å². The number of anilines is 1. The predicted octanol–water partition coefficient (Wildman–Crippen LogP) is 1.22. The Bertz CT molecular complexity index is 1350. The van der Waals surface area contributed by atoms with Crippen molar-refractivity contribution >= 4 is 33.8 Å². The Morgan fingerprint density at radius 3 is 2.69 bits per heavy atom. The normalized spacial score (nSPS) is 20.6. The van der Waals surface area contributed by atoms with Gasteiger partial charge in [0, 0.05) is 75.1 Å². The molecule has 0 radical (unpaired) electrons. The number of nitrogens with zero attached hydrogens (tertiary/aromatic N) is 5. The van der Waals surface area contributed by atoms with E-state index in [0.29, 0.717) is 68.9 Å². The number of rotatable bonds is 4. The van der Waals surface area contributed by atoms with Gasteiger partial charge in [0.25, 0.3) is 5.56 Å². The number of piperazine rings is 1. The summed E-state index contributed by atoms with van der Waals surface area (Å²) in [6.07, 6.45) is 1.94. The first kappa shape index (κ1) is 22.1. The zero-order valence-corrected chi connectivity index (χ0v) is 19.9. The first-order chi connectivity index (χ1) is 17.0. The molecule has 5 heterocycles. The summed E-state index contributed by atoms with van der Waals surface area (Å²) in [4.78, 5) is 49.2. The molecule has 3 aromatic rings. The van der Waals surface area contributed by atoms with Crippen molar-refractivity contribution in [1.29, 1.82) is 0 Å². The maximum absolute atomic E-state index is 13.2. The van der Waals surface area contributed by atoms with Crippen molar-refractivity contribution < 1.29 is 19.1 Å². The minimum atomic E-state index is -0.356. The highest BCUT2D eigenvalue weighted by atomic mass is 32.1. The van der Waals surface area contributed by atoms with Crippen molar-refractivity contribution in [3.8, 4) is 11.5 Å². The lowest BCUT2D eigenvalue weighted by Gasteiger charge is -2.35. The fourth-order valence-corrected chi connectivity index (χ4v) is 5.64. The van der Waals surface area contributed by atoms with Gasteiger partial charge in [0.1, 0.15) is 13.2 Å². The lowest BCUT2D eigenvalue weighted by molar-refractivity contribution is -0.137. The van der Waals surface area contributed by atoms with Crippen LogP contribution in [0.15, 0.2) is 40.6 Å². The summed E-state index contributed by atoms with van der Waals surface area (Å²) in [5, 5.41) is 1.85. The molecule has 0 aliphatic carbocycles. The van der Waals surface area contributed by atoms with Crippen LogP contribution in [0, 0.1) is 5.92 Å². The Morgan fingerprint density at radius 1 is 1.06 bits per heavy atom. The lowest BCUT2D eigenvalue weighted by Crippen LogP contribution is -2.50. The second-order valence-electron chi connectivity index (χ2n) is 8.98. The molecule has 6 rings (SSSR count). The topological polar surface area (TPSA) is 96.7 Å². The summed E-state index contributed by atoms with van der Waals surface area (Å²) in [5.74, 6) is 0.912. The fraction of sp³-hybridized carbons (Fsp3) is 0.417. The van der Waals surface area contributed by atoms with E-state index in [1.807, 2.05) is 28.5 Å². The molecule has 35 heavy (non-hydrogen) atoms. The monoisotopic (exact) mass is 495 g/mol. The predicted molar refractivity (Wildman–Crippen MR) is 129 cm³/mol. The van der Waals surface area contributed by atoms with Crippen LogP contribution in [0.5, 0.6) is 11.5 Å². The summed E-state index contributed by atoms with van der Waals surface area (Å²) in [6, 6.07) is 7.04. The number of carbonyl (C=O) groups excluding carboxylic acids is 2. The number of hydrogen-bond donors (Lipinski definition) is 0. The van der Waals surface area contributed by atoms with E-state index in [2.05, 4.69) is 9.88 Å². The van der Waals surface area contributed by atoms with E-state index in [0.717, 1.165) is 11.4 Å². The molecule has 2 aromatic heterocycles. The number of aromatic nitrogens is 2. The lowest BCUT2D eigenvalue weighted by atomic mass is 10.1. The highest BCUT2D eigenvalue weighted by Gasteiger charge is 2.38. The van der Waals surface area contributed by atoms with Crippen LogP contribution in [0.1, 0.15) is 12.1 Å². The van der Waals surface area contributed by atoms with Crippen LogP contribution < -0.4 is 19.9 Å². The molecule has 0 spiro atoms. The molecule has 2 fully saturated rings. The molecule has 2 saturated heterocycles. The van der Waals surface area contributed by atoms with Gasteiger partial charge in [-0.05, 0) is 12.1 Å². The van der Waals surface area contributed by atoms with Crippen LogP contribution in [0.25, 0.3) is 4.96 Å². The molecular weight excluding hydrogens is 470 g/mol. The van der Waals surface area contributed by atoms with E-state index in [1.54, 1.807) is 21.6 Å². The molecule has 2 amide bonds. The summed E-state index contributed by atoms with van der Waals surface area (Å²) >= 11 is 1.44. The highest BCUT2D eigenvalue weighted by Crippen LogP contribution is 2.36. The Kier molecular flexibility index (Phi) is 5.65. The molecular formula is C24H25N5O5S. The number of thiazole rings is 1. The van der Waals surface area contributed by atoms with Gasteiger partial charge < -0.3 is 19.3 Å². The summed E-state index contributed by atoms with van der Waals surface area (Å²) in [7, 11) is 0. The van der Waals surface area contributed by atoms with Gasteiger partial charge in [0.15, 0.2) is 16.5 Å². The largest absolute Gasteiger partial charge is 0.486 e. The van der Waals surface area contributed by atoms with Crippen LogP contribution in [-0.4, -0.2) is 76.9 Å². The summed E-state index contributed by atoms with van der Waals surface area (Å²) in [5.41, 5.74) is 1.40. The van der Waals surface area contributed by atoms with Gasteiger partial charge in [-0.25, -0.2) is 4.98 Å². The van der Waals surface area contributed by atoms with Crippen LogP contribution >= 0.6 is 11.3 Å². The first-order valence-corrected chi connectivity index (χ1v) is 12.6. The molecule has 0 N–H and O–H groups in total. The maximum Gasteiger partial charge on any atom is 0.258 e. The first-order valence-electron chi connectivity index (χ1n) is 11.7. The van der Waals surface area contributed by atoms with E-state index >= 15 is 0 Å². The van der Waals surface area contributed by atoms with Crippen LogP contribution in [-0.2, 0) is 16.1 Å². The molecule has 10 nitrogen and oxygen atoms in total. The third kappa shape index (κ3) is 4.25. The molecule has 0 bridgehead atoms. The van der Waals surface area contributed by atoms with E-state index in [4.69, 9.17) is 9.47 Å². The number of fused-ring (bicyclic) bond motifs is 2. The Morgan fingerprint density at radius 2 is 1.86 bits per heavy atom. The van der Waals surface area contributed by atoms with Crippen molar-refractivity contribution in [2.75, 3.05) is 50.8 Å². The molecule has 3 aliphatic rings. The van der Waals surface area contributed by atoms with Crippen molar-refractivity contribution in [1.82, 2.24) is 19.2 Å². The zero-order chi connectivity index (χ0) is 23.9. The van der Waals surface area contributed by atoms with Crippen molar-refractivity contribution in [3.05, 3.63) is 51.9 Å². The average molecular weight is 496 g/mol. The summed E-state index contributed by atoms with van der Waals surface area (Å²) in [6.45, 7) is 4.51. The number of ether oxygens (including phenoxy) is 2. The van der Waals surface area contributed by atoms with E-state index in [1.165, 1.54) is 11.3 Å². The summed E-state index contributed by atoms with van der Waals surface area (Å²) < 4.78 is 12.7. The number of hydrogen-bond acceptors (Lipinski definition) is 8. The second kappa shape index (κ2) is 8.97. The smallest absolute Gasteiger partial charge is 0.258 e. The minimum Gasteiger partial charge on any atom is -0.486 e. The third-order valence-corrected chi connectivity index (χ3v) is 7.49. The molecule has 11 heteroatoms. The van der Waals surface area contributed by atoms with Gasteiger partial charge in [0.05, 0.1) is 11.6 Å². The average Bonchev–Trinajstić information content (AvgIpc) is 3.51. The van der Waals surface area contributed by atoms with Gasteiger partial charge in [0.2, 0.25) is 11.8 Å². The van der Waals surface area contributed by atoms with Gasteiger partial charge in [-0.1, -0.05) is 0 Å². The molecule has 1 aromatic carbocycles. The SMILES string of the molecule is O=C(C1CC(=O)N(c2ccc3c(c2)OCCO3)C1)N1CCN(Cc2cc(=O)n3ccsc3n2)CC1. The molecule has 1 atom stereocenters. The van der Waals surface area contributed by atoms with Gasteiger partial charge >= 0.3 is 0 Å².